The van der Waals surface area contributed by atoms with Gasteiger partial charge in [0.25, 0.3) is 0 Å². The van der Waals surface area contributed by atoms with E-state index in [1.807, 2.05) is 30.3 Å². The fraction of sp³-hybridized carbons (Fsp3) is 0.176. The third-order valence-corrected chi connectivity index (χ3v) is 4.94. The van der Waals surface area contributed by atoms with Crippen LogP contribution in [0.15, 0.2) is 59.5 Å². The Hall–Kier alpha value is -2.25. The van der Waals surface area contributed by atoms with Crippen LogP contribution in [0.2, 0.25) is 0 Å². The highest BCUT2D eigenvalue weighted by Crippen LogP contribution is 2.26. The maximum Gasteiger partial charge on any atom is 0.238 e. The number of rotatable bonds is 4. The van der Waals surface area contributed by atoms with Crippen molar-refractivity contribution in [2.24, 2.45) is 0 Å². The smallest absolute Gasteiger partial charge is 0.238 e. The molecule has 2 N–H and O–H groups in total. The van der Waals surface area contributed by atoms with Crippen molar-refractivity contribution in [3.8, 4) is 0 Å². The minimum atomic E-state index is -3.28. The van der Waals surface area contributed by atoms with Gasteiger partial charge in [-0.3, -0.25) is 4.79 Å². The molecule has 0 radical (unpaired) electrons. The first-order valence-electron chi connectivity index (χ1n) is 7.20. The van der Waals surface area contributed by atoms with Gasteiger partial charge in [-0.15, -0.1) is 0 Å². The third-order valence-electron chi connectivity index (χ3n) is 3.50. The molecular weight excluding hydrogens is 344 g/mol. The molecule has 5 nitrogen and oxygen atoms in total. The van der Waals surface area contributed by atoms with Crippen molar-refractivity contribution in [1.29, 1.82) is 0 Å². The highest BCUT2D eigenvalue weighted by Gasteiger charge is 2.23. The van der Waals surface area contributed by atoms with Crippen molar-refractivity contribution < 1.29 is 13.2 Å². The fourth-order valence-corrected chi connectivity index (χ4v) is 3.03. The normalized spacial score (nSPS) is 12.2. The van der Waals surface area contributed by atoms with Crippen LogP contribution in [0.1, 0.15) is 17.0 Å². The molecule has 0 bridgehead atoms. The van der Waals surface area contributed by atoms with Gasteiger partial charge in [-0.05, 0) is 35.5 Å². The van der Waals surface area contributed by atoms with Crippen molar-refractivity contribution in [3.63, 3.8) is 0 Å². The highest BCUT2D eigenvalue weighted by atomic mass is 32.2. The number of thiocarbonyl (C=S) groups is 1. The summed E-state index contributed by atoms with van der Waals surface area (Å²) in [6, 6.07) is 15.5. The van der Waals surface area contributed by atoms with E-state index in [9.17, 15) is 13.2 Å². The molecule has 1 amide bonds. The number of nitrogens with one attached hydrogen (secondary N) is 2. The van der Waals surface area contributed by atoms with Gasteiger partial charge in [-0.25, -0.2) is 8.42 Å². The lowest BCUT2D eigenvalue weighted by Crippen LogP contribution is -2.40. The van der Waals surface area contributed by atoms with Gasteiger partial charge >= 0.3 is 0 Å². The lowest BCUT2D eigenvalue weighted by atomic mass is 9.90. The zero-order valence-corrected chi connectivity index (χ0v) is 14.9. The monoisotopic (exact) mass is 362 g/mol. The van der Waals surface area contributed by atoms with Gasteiger partial charge in [-0.1, -0.05) is 42.5 Å². The van der Waals surface area contributed by atoms with Gasteiger partial charge in [0, 0.05) is 13.3 Å². The van der Waals surface area contributed by atoms with Gasteiger partial charge in [0.15, 0.2) is 14.9 Å². The van der Waals surface area contributed by atoms with Crippen LogP contribution in [0.4, 0.5) is 0 Å². The Morgan fingerprint density at radius 1 is 1.00 bits per heavy atom. The maximum absolute atomic E-state index is 12.6. The average molecular weight is 362 g/mol. The van der Waals surface area contributed by atoms with Crippen molar-refractivity contribution in [2.75, 3.05) is 13.3 Å². The van der Waals surface area contributed by atoms with E-state index >= 15 is 0 Å². The Morgan fingerprint density at radius 2 is 1.54 bits per heavy atom. The highest BCUT2D eigenvalue weighted by molar-refractivity contribution is 7.90. The molecule has 0 saturated carbocycles. The summed E-state index contributed by atoms with van der Waals surface area (Å²) in [5.74, 6) is -0.876. The molecule has 0 aliphatic rings. The lowest BCUT2D eigenvalue weighted by molar-refractivity contribution is -0.120. The number of hydrogen-bond donors (Lipinski definition) is 2. The largest absolute Gasteiger partial charge is 0.365 e. The summed E-state index contributed by atoms with van der Waals surface area (Å²) < 4.78 is 23.2. The quantitative estimate of drug-likeness (QED) is 0.812. The summed E-state index contributed by atoms with van der Waals surface area (Å²) in [7, 11) is -1.66. The van der Waals surface area contributed by atoms with Crippen molar-refractivity contribution >= 4 is 33.1 Å². The Kier molecular flexibility index (Phi) is 5.69. The molecule has 0 fully saturated rings. The summed E-state index contributed by atoms with van der Waals surface area (Å²) in [6.07, 6.45) is 1.15. The molecule has 0 spiro atoms. The second kappa shape index (κ2) is 7.55. The van der Waals surface area contributed by atoms with E-state index in [0.29, 0.717) is 5.56 Å². The molecule has 126 valence electrons. The standard InChI is InChI=1S/C17H18N2O3S2/c1-18-17(23)19-16(20)15(12-6-4-3-5-7-12)13-8-10-14(11-9-13)24(2,21)22/h3-11,15H,1-2H3,(H2,18,19,20,23). The van der Waals surface area contributed by atoms with Crippen LogP contribution < -0.4 is 10.6 Å². The van der Waals surface area contributed by atoms with Crippen LogP contribution in [-0.2, 0) is 14.6 Å². The van der Waals surface area contributed by atoms with Crippen molar-refractivity contribution in [3.05, 3.63) is 65.7 Å². The van der Waals surface area contributed by atoms with Crippen LogP contribution in [0.5, 0.6) is 0 Å². The Bertz CT molecular complexity index is 832. The van der Waals surface area contributed by atoms with Crippen LogP contribution >= 0.6 is 12.2 Å². The van der Waals surface area contributed by atoms with E-state index in [4.69, 9.17) is 12.2 Å². The van der Waals surface area contributed by atoms with Crippen molar-refractivity contribution in [2.45, 2.75) is 10.8 Å². The first kappa shape index (κ1) is 18.1. The Labute approximate surface area is 147 Å². The molecule has 0 aliphatic carbocycles. The molecule has 0 heterocycles. The van der Waals surface area contributed by atoms with Gasteiger partial charge in [0.2, 0.25) is 5.91 Å². The minimum absolute atomic E-state index is 0.212. The molecule has 0 saturated heterocycles. The summed E-state index contributed by atoms with van der Waals surface area (Å²) >= 11 is 5.00. The van der Waals surface area contributed by atoms with Gasteiger partial charge in [0.05, 0.1) is 10.8 Å². The topological polar surface area (TPSA) is 75.3 Å². The fourth-order valence-electron chi connectivity index (χ4n) is 2.29. The number of hydrogen-bond acceptors (Lipinski definition) is 4. The van der Waals surface area contributed by atoms with Crippen LogP contribution in [0, 0.1) is 0 Å². The number of amides is 1. The molecule has 7 heteroatoms. The number of carbonyl (C=O) groups is 1. The van der Waals surface area contributed by atoms with Crippen molar-refractivity contribution in [1.82, 2.24) is 10.6 Å². The number of sulfone groups is 1. The van der Waals surface area contributed by atoms with E-state index in [1.54, 1.807) is 19.2 Å². The zero-order chi connectivity index (χ0) is 17.7. The minimum Gasteiger partial charge on any atom is -0.365 e. The van der Waals surface area contributed by atoms with E-state index in [0.717, 1.165) is 11.8 Å². The van der Waals surface area contributed by atoms with Gasteiger partial charge in [0.1, 0.15) is 0 Å². The Morgan fingerprint density at radius 3 is 2.04 bits per heavy atom. The Balaban J connectivity index is 2.43. The predicted molar refractivity (Wildman–Crippen MR) is 97.6 cm³/mol. The summed E-state index contributed by atoms with van der Waals surface area (Å²) in [5.41, 5.74) is 1.48. The second-order valence-corrected chi connectivity index (χ2v) is 7.68. The van der Waals surface area contributed by atoms with E-state index in [-0.39, 0.29) is 15.9 Å². The third kappa shape index (κ3) is 4.39. The number of benzene rings is 2. The molecule has 1 atom stereocenters. The SMILES string of the molecule is CNC(=S)NC(=O)C(c1ccccc1)c1ccc(S(C)(=O)=O)cc1. The molecular formula is C17H18N2O3S2. The molecule has 24 heavy (non-hydrogen) atoms. The maximum atomic E-state index is 12.6. The second-order valence-electron chi connectivity index (χ2n) is 5.25. The van der Waals surface area contributed by atoms with Crippen LogP contribution in [0.3, 0.4) is 0 Å². The lowest BCUT2D eigenvalue weighted by Gasteiger charge is -2.18. The molecule has 2 rings (SSSR count). The van der Waals surface area contributed by atoms with Gasteiger partial charge < -0.3 is 10.6 Å². The van der Waals surface area contributed by atoms with E-state index in [1.165, 1.54) is 12.1 Å². The first-order valence-corrected chi connectivity index (χ1v) is 9.50. The van der Waals surface area contributed by atoms with Crippen LogP contribution in [0.25, 0.3) is 0 Å². The summed E-state index contributed by atoms with van der Waals surface area (Å²) in [5, 5.41) is 5.57. The van der Waals surface area contributed by atoms with Crippen LogP contribution in [-0.4, -0.2) is 32.7 Å². The molecule has 0 aliphatic heterocycles. The summed E-state index contributed by atoms with van der Waals surface area (Å²) in [6.45, 7) is 0. The molecule has 0 aromatic heterocycles. The van der Waals surface area contributed by atoms with Gasteiger partial charge in [-0.2, -0.15) is 0 Å². The average Bonchev–Trinajstić information content (AvgIpc) is 2.55. The van der Waals surface area contributed by atoms with E-state index < -0.39 is 15.8 Å². The molecule has 2 aromatic rings. The molecule has 2 aromatic carbocycles. The summed E-state index contributed by atoms with van der Waals surface area (Å²) in [4.78, 5) is 12.9. The van der Waals surface area contributed by atoms with E-state index in [2.05, 4.69) is 10.6 Å². The predicted octanol–water partition coefficient (Wildman–Crippen LogP) is 1.84. The zero-order valence-electron chi connectivity index (χ0n) is 13.3. The molecule has 1 unspecified atom stereocenters. The first-order chi connectivity index (χ1) is 11.3. The number of carbonyl (C=O) groups excluding carboxylic acids is 1.